The maximum atomic E-state index is 10.7. The number of carbonyl (C=O) groups is 2. The molecule has 3 N–H and O–H groups in total. The van der Waals surface area contributed by atoms with Gasteiger partial charge in [-0.3, -0.25) is 4.79 Å². The van der Waals surface area contributed by atoms with E-state index in [1.54, 1.807) is 12.1 Å². The number of carbonyl (C=O) groups excluding carboxylic acids is 2. The van der Waals surface area contributed by atoms with E-state index >= 15 is 0 Å². The minimum absolute atomic E-state index is 0.0677. The Hall–Kier alpha value is -1.88. The zero-order chi connectivity index (χ0) is 12.8. The Bertz CT molecular complexity index is 417. The molecule has 5 nitrogen and oxygen atoms in total. The van der Waals surface area contributed by atoms with Gasteiger partial charge in [-0.2, -0.15) is 0 Å². The van der Waals surface area contributed by atoms with E-state index in [0.29, 0.717) is 12.7 Å². The Morgan fingerprint density at radius 2 is 2.29 bits per heavy atom. The van der Waals surface area contributed by atoms with Crippen molar-refractivity contribution in [3.05, 3.63) is 23.8 Å². The standard InChI is InChI=1S/C12H15NO4/c1-8(15)7-17-12-3-2-9(5-11(12)16)4-10(13)6-14/h2-3,5-6,10,16H,4,7,13H2,1H3. The lowest BCUT2D eigenvalue weighted by Crippen LogP contribution is -2.23. The van der Waals surface area contributed by atoms with Crippen molar-refractivity contribution in [3.63, 3.8) is 0 Å². The average Bonchev–Trinajstić information content (AvgIpc) is 2.27. The predicted octanol–water partition coefficient (Wildman–Crippen LogP) is 0.429. The Labute approximate surface area is 99.2 Å². The SMILES string of the molecule is CC(=O)COc1ccc(CC(N)C=O)cc1O. The highest BCUT2D eigenvalue weighted by atomic mass is 16.5. The second-order valence-corrected chi connectivity index (χ2v) is 3.80. The first-order valence-corrected chi connectivity index (χ1v) is 5.18. The molecule has 17 heavy (non-hydrogen) atoms. The molecule has 92 valence electrons. The van der Waals surface area contributed by atoms with Crippen molar-refractivity contribution >= 4 is 12.1 Å². The molecule has 0 fully saturated rings. The lowest BCUT2D eigenvalue weighted by molar-refractivity contribution is -0.119. The number of phenols is 1. The van der Waals surface area contributed by atoms with Crippen molar-refractivity contribution in [3.8, 4) is 11.5 Å². The Morgan fingerprint density at radius 1 is 1.59 bits per heavy atom. The number of aromatic hydroxyl groups is 1. The quantitative estimate of drug-likeness (QED) is 0.700. The van der Waals surface area contributed by atoms with Gasteiger partial charge in [-0.1, -0.05) is 6.07 Å². The van der Waals surface area contributed by atoms with E-state index in [2.05, 4.69) is 0 Å². The van der Waals surface area contributed by atoms with Crippen LogP contribution in [-0.2, 0) is 16.0 Å². The monoisotopic (exact) mass is 237 g/mol. The molecular weight excluding hydrogens is 222 g/mol. The lowest BCUT2D eigenvalue weighted by Gasteiger charge is -2.09. The number of aldehydes is 1. The highest BCUT2D eigenvalue weighted by Gasteiger charge is 2.07. The Balaban J connectivity index is 2.71. The van der Waals surface area contributed by atoms with Gasteiger partial charge in [0.25, 0.3) is 0 Å². The number of rotatable bonds is 6. The summed E-state index contributed by atoms with van der Waals surface area (Å²) in [7, 11) is 0. The second kappa shape index (κ2) is 6.00. The first-order chi connectivity index (χ1) is 8.02. The molecular formula is C12H15NO4. The van der Waals surface area contributed by atoms with Crippen molar-refractivity contribution in [2.24, 2.45) is 5.73 Å². The minimum atomic E-state index is -0.585. The molecule has 0 radical (unpaired) electrons. The van der Waals surface area contributed by atoms with Crippen LogP contribution in [0.3, 0.4) is 0 Å². The molecule has 0 heterocycles. The van der Waals surface area contributed by atoms with E-state index in [9.17, 15) is 14.7 Å². The smallest absolute Gasteiger partial charge is 0.167 e. The molecule has 0 aliphatic heterocycles. The molecule has 1 atom stereocenters. The first kappa shape index (κ1) is 13.2. The van der Waals surface area contributed by atoms with Gasteiger partial charge in [0.2, 0.25) is 0 Å². The zero-order valence-electron chi connectivity index (χ0n) is 9.55. The lowest BCUT2D eigenvalue weighted by atomic mass is 10.1. The number of phenolic OH excluding ortho intramolecular Hbond substituents is 1. The van der Waals surface area contributed by atoms with Crippen LogP contribution in [0.15, 0.2) is 18.2 Å². The van der Waals surface area contributed by atoms with Crippen molar-refractivity contribution in [1.29, 1.82) is 0 Å². The Kier molecular flexibility index (Phi) is 4.66. The highest BCUT2D eigenvalue weighted by Crippen LogP contribution is 2.27. The van der Waals surface area contributed by atoms with Crippen LogP contribution in [0.5, 0.6) is 11.5 Å². The van der Waals surface area contributed by atoms with Crippen LogP contribution in [0.1, 0.15) is 12.5 Å². The van der Waals surface area contributed by atoms with Crippen LogP contribution in [0, 0.1) is 0 Å². The summed E-state index contributed by atoms with van der Waals surface area (Å²) in [6.45, 7) is 1.31. The largest absolute Gasteiger partial charge is 0.504 e. The topological polar surface area (TPSA) is 89.6 Å². The molecule has 0 spiro atoms. The minimum Gasteiger partial charge on any atom is -0.504 e. The van der Waals surface area contributed by atoms with Gasteiger partial charge in [0.15, 0.2) is 17.3 Å². The van der Waals surface area contributed by atoms with E-state index < -0.39 is 6.04 Å². The fourth-order valence-electron chi connectivity index (χ4n) is 1.31. The summed E-state index contributed by atoms with van der Waals surface area (Å²) in [5, 5.41) is 9.62. The summed E-state index contributed by atoms with van der Waals surface area (Å²) in [4.78, 5) is 21.1. The molecule has 0 saturated carbocycles. The molecule has 0 aliphatic rings. The average molecular weight is 237 g/mol. The van der Waals surface area contributed by atoms with Gasteiger partial charge in [0.1, 0.15) is 12.9 Å². The molecule has 1 aromatic carbocycles. The van der Waals surface area contributed by atoms with Gasteiger partial charge in [-0.25, -0.2) is 0 Å². The third-order valence-corrected chi connectivity index (χ3v) is 2.10. The van der Waals surface area contributed by atoms with Crippen molar-refractivity contribution < 1.29 is 19.4 Å². The van der Waals surface area contributed by atoms with Crippen LogP contribution in [0.4, 0.5) is 0 Å². The van der Waals surface area contributed by atoms with Gasteiger partial charge in [0.05, 0.1) is 6.04 Å². The van der Waals surface area contributed by atoms with Crippen molar-refractivity contribution in [2.75, 3.05) is 6.61 Å². The van der Waals surface area contributed by atoms with Crippen molar-refractivity contribution in [1.82, 2.24) is 0 Å². The van der Waals surface area contributed by atoms with Gasteiger partial charge in [0, 0.05) is 0 Å². The van der Waals surface area contributed by atoms with Crippen LogP contribution in [0.2, 0.25) is 0 Å². The van der Waals surface area contributed by atoms with E-state index in [0.717, 1.165) is 5.56 Å². The molecule has 1 rings (SSSR count). The fourth-order valence-corrected chi connectivity index (χ4v) is 1.31. The van der Waals surface area contributed by atoms with Crippen LogP contribution < -0.4 is 10.5 Å². The summed E-state index contributed by atoms with van der Waals surface area (Å²) in [5.41, 5.74) is 6.20. The van der Waals surface area contributed by atoms with Crippen LogP contribution >= 0.6 is 0 Å². The summed E-state index contributed by atoms with van der Waals surface area (Å²) >= 11 is 0. The summed E-state index contributed by atoms with van der Waals surface area (Å²) in [6, 6.07) is 4.13. The van der Waals surface area contributed by atoms with Crippen LogP contribution in [-0.4, -0.2) is 29.8 Å². The van der Waals surface area contributed by atoms with Gasteiger partial charge < -0.3 is 20.4 Å². The number of ketones is 1. The maximum Gasteiger partial charge on any atom is 0.167 e. The maximum absolute atomic E-state index is 10.7. The highest BCUT2D eigenvalue weighted by molar-refractivity contribution is 5.77. The molecule has 1 aromatic rings. The number of nitrogens with two attached hydrogens (primary N) is 1. The van der Waals surface area contributed by atoms with Crippen LogP contribution in [0.25, 0.3) is 0 Å². The van der Waals surface area contributed by atoms with Gasteiger partial charge in [-0.15, -0.1) is 0 Å². The molecule has 0 amide bonds. The number of hydrogen-bond donors (Lipinski definition) is 2. The molecule has 0 bridgehead atoms. The molecule has 1 unspecified atom stereocenters. The Morgan fingerprint density at radius 3 is 2.82 bits per heavy atom. The second-order valence-electron chi connectivity index (χ2n) is 3.80. The van der Waals surface area contributed by atoms with E-state index in [-0.39, 0.29) is 23.9 Å². The number of ether oxygens (including phenoxy) is 1. The molecule has 0 saturated heterocycles. The van der Waals surface area contributed by atoms with Gasteiger partial charge >= 0.3 is 0 Å². The molecule has 0 aliphatic carbocycles. The van der Waals surface area contributed by atoms with E-state index in [1.165, 1.54) is 13.0 Å². The van der Waals surface area contributed by atoms with Gasteiger partial charge in [-0.05, 0) is 31.0 Å². The normalized spacial score (nSPS) is 11.9. The number of hydrogen-bond acceptors (Lipinski definition) is 5. The summed E-state index contributed by atoms with van der Waals surface area (Å²) in [6.07, 6.45) is 1.00. The summed E-state index contributed by atoms with van der Waals surface area (Å²) in [5.74, 6) is 0.0435. The number of Topliss-reactive ketones (excluding diaryl/α,β-unsaturated/α-hetero) is 1. The third-order valence-electron chi connectivity index (χ3n) is 2.10. The number of benzene rings is 1. The van der Waals surface area contributed by atoms with Crippen molar-refractivity contribution in [2.45, 2.75) is 19.4 Å². The first-order valence-electron chi connectivity index (χ1n) is 5.18. The zero-order valence-corrected chi connectivity index (χ0v) is 9.55. The van der Waals surface area contributed by atoms with E-state index in [4.69, 9.17) is 10.5 Å². The summed E-state index contributed by atoms with van der Waals surface area (Å²) < 4.78 is 5.08. The fraction of sp³-hybridized carbons (Fsp3) is 0.333. The molecule has 0 aromatic heterocycles. The van der Waals surface area contributed by atoms with E-state index in [1.807, 2.05) is 0 Å². The predicted molar refractivity (Wildman–Crippen MR) is 62.0 cm³/mol. The third kappa shape index (κ3) is 4.24. The molecule has 5 heteroatoms.